The largest absolute Gasteiger partial charge is 0.493 e. The number of ether oxygens (including phenoxy) is 1. The summed E-state index contributed by atoms with van der Waals surface area (Å²) in [5.41, 5.74) is 6.57. The molecule has 0 radical (unpaired) electrons. The third-order valence-electron chi connectivity index (χ3n) is 3.94. The molecule has 22 heavy (non-hydrogen) atoms. The van der Waals surface area contributed by atoms with Gasteiger partial charge in [-0.25, -0.2) is 4.98 Å². The monoisotopic (exact) mass is 292 g/mol. The minimum absolute atomic E-state index is 0.702. The number of rotatable bonds is 2. The second-order valence-electron chi connectivity index (χ2n) is 5.36. The maximum atomic E-state index is 5.78. The van der Waals surface area contributed by atoms with Crippen LogP contribution in [0.5, 0.6) is 5.75 Å². The first-order valence-corrected chi connectivity index (χ1v) is 7.28. The molecule has 0 atom stereocenters. The lowest BCUT2D eigenvalue weighted by atomic mass is 9.94. The topological polar surface area (TPSA) is 66.6 Å². The number of hydrogen-bond donors (Lipinski definition) is 2. The van der Waals surface area contributed by atoms with E-state index in [2.05, 4.69) is 38.4 Å². The molecule has 4 rings (SSSR count). The van der Waals surface area contributed by atoms with Crippen LogP contribution in [0.2, 0.25) is 0 Å². The standard InChI is InChI=1S/C17H16N4O/c1-11-16(9-20-21-11)12-2-3-17-15(7-12)13(4-5-22-17)6-14-8-18-10-19-14/h2-3,6-10H,4-5H2,1H3,(H,18,19)(H,20,21)/b13-6+. The zero-order valence-electron chi connectivity index (χ0n) is 12.3. The Bertz CT molecular complexity index is 830. The molecule has 0 amide bonds. The molecule has 1 aromatic carbocycles. The highest BCUT2D eigenvalue weighted by molar-refractivity contribution is 5.86. The van der Waals surface area contributed by atoms with Crippen LogP contribution in [0.3, 0.4) is 0 Å². The van der Waals surface area contributed by atoms with Crippen LogP contribution < -0.4 is 4.74 Å². The molecule has 0 bridgehead atoms. The Hall–Kier alpha value is -2.82. The second kappa shape index (κ2) is 5.18. The van der Waals surface area contributed by atoms with Crippen molar-refractivity contribution in [1.82, 2.24) is 20.2 Å². The van der Waals surface area contributed by atoms with Gasteiger partial charge in [0.15, 0.2) is 0 Å². The number of H-pyrrole nitrogens is 2. The van der Waals surface area contributed by atoms with Crippen LogP contribution in [0, 0.1) is 6.92 Å². The zero-order chi connectivity index (χ0) is 14.9. The van der Waals surface area contributed by atoms with Crippen molar-refractivity contribution in [2.75, 3.05) is 6.61 Å². The Balaban J connectivity index is 1.81. The smallest absolute Gasteiger partial charge is 0.126 e. The second-order valence-corrected chi connectivity index (χ2v) is 5.36. The molecule has 0 fully saturated rings. The summed E-state index contributed by atoms with van der Waals surface area (Å²) in [6.07, 6.45) is 8.51. The third kappa shape index (κ3) is 2.20. The highest BCUT2D eigenvalue weighted by Gasteiger charge is 2.17. The molecule has 110 valence electrons. The summed E-state index contributed by atoms with van der Waals surface area (Å²) < 4.78 is 5.78. The normalized spacial score (nSPS) is 15.6. The van der Waals surface area contributed by atoms with Crippen molar-refractivity contribution in [1.29, 1.82) is 0 Å². The SMILES string of the molecule is Cc1n[nH]cc1-c1ccc2c(c1)/C(=C/c1c[nH]cn1)CCO2. The van der Waals surface area contributed by atoms with Gasteiger partial charge in [-0.3, -0.25) is 5.10 Å². The Morgan fingerprint density at radius 3 is 2.95 bits per heavy atom. The van der Waals surface area contributed by atoms with Crippen LogP contribution >= 0.6 is 0 Å². The van der Waals surface area contributed by atoms with E-state index in [1.807, 2.05) is 25.4 Å². The average Bonchev–Trinajstić information content (AvgIpc) is 3.19. The van der Waals surface area contributed by atoms with E-state index in [4.69, 9.17) is 4.74 Å². The lowest BCUT2D eigenvalue weighted by Gasteiger charge is -2.21. The van der Waals surface area contributed by atoms with Crippen molar-refractivity contribution in [3.63, 3.8) is 0 Å². The van der Waals surface area contributed by atoms with Crippen LogP contribution in [0.4, 0.5) is 0 Å². The van der Waals surface area contributed by atoms with Crippen LogP contribution in [0.25, 0.3) is 22.8 Å². The quantitative estimate of drug-likeness (QED) is 0.760. The van der Waals surface area contributed by atoms with Crippen molar-refractivity contribution in [3.8, 4) is 16.9 Å². The first-order valence-electron chi connectivity index (χ1n) is 7.28. The predicted octanol–water partition coefficient (Wildman–Crippen LogP) is 3.43. The van der Waals surface area contributed by atoms with Gasteiger partial charge in [0.05, 0.1) is 24.3 Å². The van der Waals surface area contributed by atoms with E-state index in [0.29, 0.717) is 6.61 Å². The maximum Gasteiger partial charge on any atom is 0.126 e. The first-order chi connectivity index (χ1) is 10.8. The molecule has 2 N–H and O–H groups in total. The van der Waals surface area contributed by atoms with E-state index < -0.39 is 0 Å². The van der Waals surface area contributed by atoms with Crippen LogP contribution in [0.15, 0.2) is 36.9 Å². The van der Waals surface area contributed by atoms with Gasteiger partial charge in [-0.15, -0.1) is 0 Å². The van der Waals surface area contributed by atoms with Crippen molar-refractivity contribution in [3.05, 3.63) is 53.9 Å². The fraction of sp³-hybridized carbons (Fsp3) is 0.176. The number of benzene rings is 1. The molecule has 0 unspecified atom stereocenters. The summed E-state index contributed by atoms with van der Waals surface area (Å²) in [6, 6.07) is 6.29. The number of imidazole rings is 1. The molecule has 1 aliphatic rings. The molecule has 0 saturated carbocycles. The van der Waals surface area contributed by atoms with Gasteiger partial charge in [0.1, 0.15) is 5.75 Å². The van der Waals surface area contributed by atoms with Crippen molar-refractivity contribution < 1.29 is 4.74 Å². The number of aromatic amines is 2. The lowest BCUT2D eigenvalue weighted by molar-refractivity contribution is 0.317. The van der Waals surface area contributed by atoms with Crippen molar-refractivity contribution >= 4 is 11.6 Å². The maximum absolute atomic E-state index is 5.78. The average molecular weight is 292 g/mol. The summed E-state index contributed by atoms with van der Waals surface area (Å²) >= 11 is 0. The number of nitrogens with one attached hydrogen (secondary N) is 2. The minimum atomic E-state index is 0.702. The number of hydrogen-bond acceptors (Lipinski definition) is 3. The van der Waals surface area contributed by atoms with Gasteiger partial charge in [-0.2, -0.15) is 5.10 Å². The van der Waals surface area contributed by atoms with Gasteiger partial charge in [0, 0.05) is 29.9 Å². The highest BCUT2D eigenvalue weighted by Crippen LogP contribution is 2.37. The summed E-state index contributed by atoms with van der Waals surface area (Å²) in [6.45, 7) is 2.70. The molecule has 5 nitrogen and oxygen atoms in total. The van der Waals surface area contributed by atoms with Gasteiger partial charge in [-0.05, 0) is 36.3 Å². The number of nitrogens with zero attached hydrogens (tertiary/aromatic N) is 2. The molecule has 3 aromatic rings. The Labute approximate surface area is 128 Å². The Morgan fingerprint density at radius 1 is 1.23 bits per heavy atom. The van der Waals surface area contributed by atoms with Crippen LogP contribution in [0.1, 0.15) is 23.4 Å². The van der Waals surface area contributed by atoms with Crippen molar-refractivity contribution in [2.45, 2.75) is 13.3 Å². The fourth-order valence-electron chi connectivity index (χ4n) is 2.81. The van der Waals surface area contributed by atoms with E-state index >= 15 is 0 Å². The Kier molecular flexibility index (Phi) is 3.04. The summed E-state index contributed by atoms with van der Waals surface area (Å²) in [7, 11) is 0. The molecule has 5 heteroatoms. The van der Waals surface area contributed by atoms with Gasteiger partial charge >= 0.3 is 0 Å². The summed E-state index contributed by atoms with van der Waals surface area (Å²) in [5.74, 6) is 0.929. The third-order valence-corrected chi connectivity index (χ3v) is 3.94. The van der Waals surface area contributed by atoms with E-state index in [9.17, 15) is 0 Å². The molecule has 0 spiro atoms. The minimum Gasteiger partial charge on any atom is -0.493 e. The van der Waals surface area contributed by atoms with Gasteiger partial charge in [0.25, 0.3) is 0 Å². The molecular formula is C17H16N4O. The molecule has 2 aromatic heterocycles. The first kappa shape index (κ1) is 12.9. The molecule has 1 aliphatic heterocycles. The van der Waals surface area contributed by atoms with E-state index in [-0.39, 0.29) is 0 Å². The molecule has 0 aliphatic carbocycles. The van der Waals surface area contributed by atoms with E-state index in [1.165, 1.54) is 5.57 Å². The predicted molar refractivity (Wildman–Crippen MR) is 85.3 cm³/mol. The van der Waals surface area contributed by atoms with E-state index in [1.54, 1.807) is 6.33 Å². The summed E-state index contributed by atoms with van der Waals surface area (Å²) in [5, 5.41) is 7.11. The zero-order valence-corrected chi connectivity index (χ0v) is 12.3. The van der Waals surface area contributed by atoms with Crippen molar-refractivity contribution in [2.24, 2.45) is 0 Å². The number of fused-ring (bicyclic) bond motifs is 1. The van der Waals surface area contributed by atoms with Gasteiger partial charge in [0.2, 0.25) is 0 Å². The Morgan fingerprint density at radius 2 is 2.18 bits per heavy atom. The van der Waals surface area contributed by atoms with Crippen LogP contribution in [-0.2, 0) is 0 Å². The molecular weight excluding hydrogens is 276 g/mol. The number of aryl methyl sites for hydroxylation is 1. The number of aromatic nitrogens is 4. The van der Waals surface area contributed by atoms with Gasteiger partial charge in [-0.1, -0.05) is 6.07 Å². The highest BCUT2D eigenvalue weighted by atomic mass is 16.5. The lowest BCUT2D eigenvalue weighted by Crippen LogP contribution is -2.07. The molecule has 3 heterocycles. The van der Waals surface area contributed by atoms with E-state index in [0.717, 1.165) is 40.2 Å². The summed E-state index contributed by atoms with van der Waals surface area (Å²) in [4.78, 5) is 7.27. The molecule has 0 saturated heterocycles. The fourth-order valence-corrected chi connectivity index (χ4v) is 2.81. The van der Waals surface area contributed by atoms with Crippen LogP contribution in [-0.4, -0.2) is 26.8 Å². The van der Waals surface area contributed by atoms with Gasteiger partial charge < -0.3 is 9.72 Å².